The van der Waals surface area contributed by atoms with Crippen LogP contribution in [0.4, 0.5) is 5.69 Å². The predicted octanol–water partition coefficient (Wildman–Crippen LogP) is 4.24. The Balaban J connectivity index is 1.79. The van der Waals surface area contributed by atoms with Crippen molar-refractivity contribution in [2.45, 2.75) is 13.3 Å². The zero-order chi connectivity index (χ0) is 17.8. The number of hydrogen-bond donors (Lipinski definition) is 0. The summed E-state index contributed by atoms with van der Waals surface area (Å²) in [5.74, 6) is 1.53. The molecule has 3 aromatic rings. The molecular weight excluding hydrogens is 312 g/mol. The molecule has 130 valence electrons. The van der Waals surface area contributed by atoms with Crippen LogP contribution >= 0.6 is 0 Å². The summed E-state index contributed by atoms with van der Waals surface area (Å²) in [6.07, 6.45) is 2.81. The Labute approximate surface area is 149 Å². The van der Waals surface area contributed by atoms with Crippen molar-refractivity contribution in [2.24, 2.45) is 0 Å². The molecule has 1 aromatic heterocycles. The monoisotopic (exact) mass is 336 g/mol. The molecule has 2 aromatic carbocycles. The summed E-state index contributed by atoms with van der Waals surface area (Å²) in [6.45, 7) is 3.01. The molecule has 0 fully saturated rings. The van der Waals surface area contributed by atoms with Gasteiger partial charge < -0.3 is 14.4 Å². The lowest BCUT2D eigenvalue weighted by molar-refractivity contribution is 0.354. The van der Waals surface area contributed by atoms with E-state index in [1.165, 1.54) is 22.2 Å². The quantitative estimate of drug-likeness (QED) is 0.674. The Morgan fingerprint density at radius 2 is 1.80 bits per heavy atom. The number of ether oxygens (including phenoxy) is 2. The van der Waals surface area contributed by atoms with Crippen LogP contribution in [-0.4, -0.2) is 32.8 Å². The third kappa shape index (κ3) is 3.53. The van der Waals surface area contributed by atoms with Gasteiger partial charge in [0.2, 0.25) is 0 Å². The first-order valence-corrected chi connectivity index (χ1v) is 8.40. The lowest BCUT2D eigenvalue weighted by Gasteiger charge is -2.21. The minimum absolute atomic E-state index is 0.759. The van der Waals surface area contributed by atoms with Crippen molar-refractivity contribution in [1.29, 1.82) is 0 Å². The summed E-state index contributed by atoms with van der Waals surface area (Å²) < 4.78 is 10.7. The third-order valence-corrected chi connectivity index (χ3v) is 4.54. The summed E-state index contributed by atoms with van der Waals surface area (Å²) in [7, 11) is 5.44. The van der Waals surface area contributed by atoms with Crippen LogP contribution in [0.5, 0.6) is 11.5 Å². The number of aryl methyl sites for hydroxylation is 1. The van der Waals surface area contributed by atoms with E-state index in [1.807, 2.05) is 18.3 Å². The highest BCUT2D eigenvalue weighted by molar-refractivity contribution is 5.93. The van der Waals surface area contributed by atoms with Crippen LogP contribution in [0.2, 0.25) is 0 Å². The summed E-state index contributed by atoms with van der Waals surface area (Å²) in [5, 5.41) is 1.19. The van der Waals surface area contributed by atoms with Crippen LogP contribution in [0.1, 0.15) is 11.1 Å². The highest BCUT2D eigenvalue weighted by atomic mass is 16.5. The molecule has 0 spiro atoms. The first-order valence-electron chi connectivity index (χ1n) is 8.40. The van der Waals surface area contributed by atoms with Crippen LogP contribution in [0.15, 0.2) is 48.7 Å². The second kappa shape index (κ2) is 7.43. The first-order chi connectivity index (χ1) is 12.1. The van der Waals surface area contributed by atoms with Crippen molar-refractivity contribution in [3.05, 3.63) is 59.8 Å². The van der Waals surface area contributed by atoms with E-state index < -0.39 is 0 Å². The van der Waals surface area contributed by atoms with Crippen molar-refractivity contribution in [2.75, 3.05) is 32.7 Å². The van der Waals surface area contributed by atoms with Gasteiger partial charge in [-0.05, 0) is 42.7 Å². The fourth-order valence-corrected chi connectivity index (χ4v) is 3.10. The second-order valence-electron chi connectivity index (χ2n) is 6.16. The van der Waals surface area contributed by atoms with Crippen LogP contribution in [0.25, 0.3) is 10.9 Å². The molecule has 3 rings (SSSR count). The van der Waals surface area contributed by atoms with Gasteiger partial charge >= 0.3 is 0 Å². The molecule has 0 N–H and O–H groups in total. The average Bonchev–Trinajstić information content (AvgIpc) is 2.65. The molecule has 1 heterocycles. The molecule has 0 atom stereocenters. The molecule has 0 bridgehead atoms. The molecule has 0 aliphatic rings. The van der Waals surface area contributed by atoms with Gasteiger partial charge in [-0.25, -0.2) is 0 Å². The smallest absolute Gasteiger partial charge is 0.160 e. The third-order valence-electron chi connectivity index (χ3n) is 4.54. The van der Waals surface area contributed by atoms with Crippen LogP contribution in [0.3, 0.4) is 0 Å². The molecule has 4 nitrogen and oxygen atoms in total. The largest absolute Gasteiger partial charge is 0.493 e. The number of rotatable bonds is 6. The fourth-order valence-electron chi connectivity index (χ4n) is 3.10. The maximum absolute atomic E-state index is 5.39. The van der Waals surface area contributed by atoms with E-state index in [2.05, 4.69) is 54.2 Å². The number of nitrogens with zero attached hydrogens (tertiary/aromatic N) is 2. The minimum Gasteiger partial charge on any atom is -0.493 e. The number of benzene rings is 2. The van der Waals surface area contributed by atoms with Gasteiger partial charge in [0.15, 0.2) is 11.5 Å². The average molecular weight is 336 g/mol. The summed E-state index contributed by atoms with van der Waals surface area (Å²) in [6, 6.07) is 14.5. The summed E-state index contributed by atoms with van der Waals surface area (Å²) >= 11 is 0. The van der Waals surface area contributed by atoms with Gasteiger partial charge in [-0.1, -0.05) is 24.3 Å². The van der Waals surface area contributed by atoms with Gasteiger partial charge in [0.05, 0.1) is 19.7 Å². The number of pyridine rings is 1. The lowest BCUT2D eigenvalue weighted by atomic mass is 10.1. The lowest BCUT2D eigenvalue weighted by Crippen LogP contribution is -2.20. The molecule has 0 saturated carbocycles. The summed E-state index contributed by atoms with van der Waals surface area (Å²) in [4.78, 5) is 6.80. The van der Waals surface area contributed by atoms with Crippen molar-refractivity contribution in [3.8, 4) is 11.5 Å². The van der Waals surface area contributed by atoms with E-state index in [0.717, 1.165) is 30.0 Å². The maximum Gasteiger partial charge on any atom is 0.160 e. The number of likely N-dealkylation sites (N-methyl/N-ethyl adjacent to an activating group) is 1. The highest BCUT2D eigenvalue weighted by Crippen LogP contribution is 2.29. The Bertz CT molecular complexity index is 877. The van der Waals surface area contributed by atoms with Gasteiger partial charge in [0.1, 0.15) is 0 Å². The number of aromatic nitrogens is 1. The Morgan fingerprint density at radius 1 is 1.00 bits per heavy atom. The molecular formula is C21H24N2O2. The molecule has 0 unspecified atom stereocenters. The van der Waals surface area contributed by atoms with Crippen molar-refractivity contribution >= 4 is 16.6 Å². The number of para-hydroxylation sites is 1. The number of fused-ring (bicyclic) bond motifs is 1. The second-order valence-corrected chi connectivity index (χ2v) is 6.16. The van der Waals surface area contributed by atoms with Crippen molar-refractivity contribution in [1.82, 2.24) is 4.98 Å². The first kappa shape index (κ1) is 17.1. The molecule has 4 heteroatoms. The minimum atomic E-state index is 0.759. The molecule has 0 aliphatic carbocycles. The molecule has 0 saturated heterocycles. The normalized spacial score (nSPS) is 10.7. The molecule has 0 aliphatic heterocycles. The number of anilines is 1. The van der Waals surface area contributed by atoms with Crippen molar-refractivity contribution in [3.63, 3.8) is 0 Å². The number of hydrogen-bond acceptors (Lipinski definition) is 4. The summed E-state index contributed by atoms with van der Waals surface area (Å²) in [5.41, 5.74) is 4.69. The van der Waals surface area contributed by atoms with E-state index in [9.17, 15) is 0 Å². The standard InChI is InChI=1S/C21H24N2O2/c1-15-6-5-7-17-18(10-12-22-21(15)17)23(2)13-11-16-8-9-19(24-3)20(14-16)25-4/h5-10,12,14H,11,13H2,1-4H3. The molecule has 0 amide bonds. The van der Waals surface area contributed by atoms with E-state index in [1.54, 1.807) is 14.2 Å². The Morgan fingerprint density at radius 3 is 2.56 bits per heavy atom. The maximum atomic E-state index is 5.39. The van der Waals surface area contributed by atoms with Gasteiger partial charge in [-0.3, -0.25) is 4.98 Å². The van der Waals surface area contributed by atoms with Gasteiger partial charge in [0.25, 0.3) is 0 Å². The SMILES string of the molecule is COc1ccc(CCN(C)c2ccnc3c(C)cccc23)cc1OC. The van der Waals surface area contributed by atoms with E-state index in [-0.39, 0.29) is 0 Å². The highest BCUT2D eigenvalue weighted by Gasteiger charge is 2.09. The van der Waals surface area contributed by atoms with Crippen molar-refractivity contribution < 1.29 is 9.47 Å². The zero-order valence-corrected chi connectivity index (χ0v) is 15.2. The van der Waals surface area contributed by atoms with Gasteiger partial charge in [-0.15, -0.1) is 0 Å². The molecule has 25 heavy (non-hydrogen) atoms. The fraction of sp³-hybridized carbons (Fsp3) is 0.286. The van der Waals surface area contributed by atoms with E-state index in [0.29, 0.717) is 0 Å². The van der Waals surface area contributed by atoms with Gasteiger partial charge in [-0.2, -0.15) is 0 Å². The van der Waals surface area contributed by atoms with E-state index >= 15 is 0 Å². The van der Waals surface area contributed by atoms with Gasteiger partial charge in [0, 0.05) is 30.9 Å². The predicted molar refractivity (Wildman–Crippen MR) is 103 cm³/mol. The Hall–Kier alpha value is -2.75. The number of methoxy groups -OCH3 is 2. The van der Waals surface area contributed by atoms with Crippen LogP contribution in [0, 0.1) is 6.92 Å². The Kier molecular flexibility index (Phi) is 5.08. The van der Waals surface area contributed by atoms with Crippen LogP contribution in [-0.2, 0) is 6.42 Å². The van der Waals surface area contributed by atoms with E-state index in [4.69, 9.17) is 9.47 Å². The van der Waals surface area contributed by atoms with Crippen LogP contribution < -0.4 is 14.4 Å². The topological polar surface area (TPSA) is 34.6 Å². The zero-order valence-electron chi connectivity index (χ0n) is 15.2. The molecule has 0 radical (unpaired) electrons.